The van der Waals surface area contributed by atoms with Crippen molar-refractivity contribution in [1.82, 2.24) is 9.55 Å². The number of nitrogens with zero attached hydrogens (tertiary/aromatic N) is 3. The molecule has 0 saturated heterocycles. The third kappa shape index (κ3) is 5.45. The Morgan fingerprint density at radius 2 is 2.00 bits per heavy atom. The van der Waals surface area contributed by atoms with E-state index >= 15 is 0 Å². The maximum Gasteiger partial charge on any atom is 0.348 e. The van der Waals surface area contributed by atoms with Crippen molar-refractivity contribution >= 4 is 50.9 Å². The number of para-hydroxylation sites is 1. The zero-order valence-electron chi connectivity index (χ0n) is 22.0. The Balaban J connectivity index is 1.46. The third-order valence-corrected chi connectivity index (χ3v) is 9.38. The van der Waals surface area contributed by atoms with Gasteiger partial charge in [0.2, 0.25) is 5.91 Å². The number of thiophene rings is 1. The first-order chi connectivity index (χ1) is 18.5. The average Bonchev–Trinajstić information content (AvgIpc) is 3.28. The summed E-state index contributed by atoms with van der Waals surface area (Å²) in [5.74, 6) is -0.239. The van der Waals surface area contributed by atoms with E-state index in [1.165, 1.54) is 47.1 Å². The van der Waals surface area contributed by atoms with Gasteiger partial charge in [0.25, 0.3) is 5.56 Å². The molecule has 1 aromatic carbocycles. The predicted molar refractivity (Wildman–Crippen MR) is 154 cm³/mol. The highest BCUT2D eigenvalue weighted by Gasteiger charge is 2.25. The van der Waals surface area contributed by atoms with Gasteiger partial charge in [-0.15, -0.1) is 11.3 Å². The molecule has 3 heterocycles. The van der Waals surface area contributed by atoms with Crippen molar-refractivity contribution < 1.29 is 14.3 Å². The topological polar surface area (TPSA) is 81.5 Å². The Morgan fingerprint density at radius 1 is 1.16 bits per heavy atom. The first-order valence-electron chi connectivity index (χ1n) is 13.4. The van der Waals surface area contributed by atoms with E-state index in [4.69, 9.17) is 9.72 Å². The summed E-state index contributed by atoms with van der Waals surface area (Å²) in [7, 11) is 0. The summed E-state index contributed by atoms with van der Waals surface area (Å²) in [4.78, 5) is 47.3. The van der Waals surface area contributed by atoms with Gasteiger partial charge in [-0.2, -0.15) is 0 Å². The van der Waals surface area contributed by atoms with E-state index in [0.29, 0.717) is 38.9 Å². The Bertz CT molecular complexity index is 1460. The predicted octanol–water partition coefficient (Wildman–Crippen LogP) is 5.91. The molecule has 3 aromatic rings. The van der Waals surface area contributed by atoms with Crippen LogP contribution in [0.1, 0.15) is 66.2 Å². The van der Waals surface area contributed by atoms with Crippen LogP contribution in [0, 0.1) is 6.92 Å². The van der Waals surface area contributed by atoms with Crippen molar-refractivity contribution in [2.24, 2.45) is 0 Å². The highest BCUT2D eigenvalue weighted by atomic mass is 32.2. The molecule has 0 N–H and O–H groups in total. The fraction of sp³-hybridized carbons (Fsp3) is 0.448. The number of allylic oxidation sites excluding steroid dienone is 2. The minimum atomic E-state index is -0.431. The molecule has 2 aliphatic rings. The standard InChI is InChI=1S/C29H33N3O4S2/c1-3-36-28(35)25-19(2)24-26(38-25)30-29(32(27(24)34)17-15-20-10-5-4-6-11-20)37-18-23(33)31-16-9-13-21-12-7-8-14-22(21)31/h7-8,10,12,14H,3-6,9,11,13,15-18H2,1-2H3. The first kappa shape index (κ1) is 26.7. The molecule has 38 heavy (non-hydrogen) atoms. The minimum absolute atomic E-state index is 0.00704. The molecule has 0 spiro atoms. The Hall–Kier alpha value is -2.91. The Kier molecular flexibility index (Phi) is 8.33. The molecule has 0 bridgehead atoms. The molecule has 7 nitrogen and oxygen atoms in total. The number of esters is 1. The van der Waals surface area contributed by atoms with Crippen molar-refractivity contribution in [1.29, 1.82) is 0 Å². The van der Waals surface area contributed by atoms with Gasteiger partial charge in [-0.05, 0) is 76.0 Å². The maximum absolute atomic E-state index is 13.8. The minimum Gasteiger partial charge on any atom is -0.462 e. The number of aryl methyl sites for hydroxylation is 2. The van der Waals surface area contributed by atoms with Crippen LogP contribution in [0.25, 0.3) is 10.2 Å². The first-order valence-corrected chi connectivity index (χ1v) is 15.2. The lowest BCUT2D eigenvalue weighted by Crippen LogP contribution is -2.36. The van der Waals surface area contributed by atoms with E-state index in [1.54, 1.807) is 18.4 Å². The fourth-order valence-corrected chi connectivity index (χ4v) is 7.30. The SMILES string of the molecule is CCOC(=O)c1sc2nc(SCC(=O)N3CCCc4ccccc43)n(CCC3=CCCCC3)c(=O)c2c1C. The van der Waals surface area contributed by atoms with Crippen molar-refractivity contribution in [3.8, 4) is 0 Å². The lowest BCUT2D eigenvalue weighted by atomic mass is 9.97. The van der Waals surface area contributed by atoms with Crippen LogP contribution < -0.4 is 10.5 Å². The van der Waals surface area contributed by atoms with E-state index in [-0.39, 0.29) is 23.8 Å². The summed E-state index contributed by atoms with van der Waals surface area (Å²) < 4.78 is 6.92. The number of carbonyl (C=O) groups excluding carboxylic acids is 2. The van der Waals surface area contributed by atoms with Crippen molar-refractivity contribution in [3.63, 3.8) is 0 Å². The van der Waals surface area contributed by atoms with Gasteiger partial charge < -0.3 is 9.64 Å². The van der Waals surface area contributed by atoms with E-state index in [9.17, 15) is 14.4 Å². The maximum atomic E-state index is 13.8. The number of carbonyl (C=O) groups is 2. The number of hydrogen-bond acceptors (Lipinski definition) is 7. The van der Waals surface area contributed by atoms with Crippen LogP contribution in [0.4, 0.5) is 5.69 Å². The summed E-state index contributed by atoms with van der Waals surface area (Å²) in [6.07, 6.45) is 9.51. The smallest absolute Gasteiger partial charge is 0.348 e. The summed E-state index contributed by atoms with van der Waals surface area (Å²) in [5.41, 5.74) is 3.99. The number of hydrogen-bond donors (Lipinski definition) is 0. The van der Waals surface area contributed by atoms with Crippen LogP contribution in [0.5, 0.6) is 0 Å². The zero-order valence-corrected chi connectivity index (χ0v) is 23.6. The van der Waals surface area contributed by atoms with Crippen LogP contribution in [0.15, 0.2) is 45.9 Å². The van der Waals surface area contributed by atoms with E-state index in [1.807, 2.05) is 23.1 Å². The monoisotopic (exact) mass is 551 g/mol. The Labute approximate surface area is 230 Å². The van der Waals surface area contributed by atoms with Crippen LogP contribution >= 0.6 is 23.1 Å². The second-order valence-corrected chi connectivity index (χ2v) is 11.7. The molecule has 0 radical (unpaired) electrons. The van der Waals surface area contributed by atoms with Crippen LogP contribution in [-0.4, -0.2) is 40.3 Å². The number of aromatic nitrogens is 2. The van der Waals surface area contributed by atoms with Crippen LogP contribution in [0.2, 0.25) is 0 Å². The van der Waals surface area contributed by atoms with Gasteiger partial charge in [-0.25, -0.2) is 9.78 Å². The summed E-state index contributed by atoms with van der Waals surface area (Å²) in [5, 5.41) is 0.991. The van der Waals surface area contributed by atoms with Crippen LogP contribution in [0.3, 0.4) is 0 Å². The van der Waals surface area contributed by atoms with Crippen molar-refractivity contribution in [2.45, 2.75) is 70.5 Å². The normalized spacial score (nSPS) is 15.3. The zero-order chi connectivity index (χ0) is 26.6. The molecule has 1 aliphatic carbocycles. The van der Waals surface area contributed by atoms with Gasteiger partial charge in [0.15, 0.2) is 5.16 Å². The summed E-state index contributed by atoms with van der Waals surface area (Å²) >= 11 is 2.49. The second-order valence-electron chi connectivity index (χ2n) is 9.73. The molecule has 1 aliphatic heterocycles. The van der Waals surface area contributed by atoms with Gasteiger partial charge >= 0.3 is 5.97 Å². The van der Waals surface area contributed by atoms with Crippen LogP contribution in [-0.2, 0) is 22.5 Å². The molecular formula is C29H33N3O4S2. The lowest BCUT2D eigenvalue weighted by Gasteiger charge is -2.29. The second kappa shape index (κ2) is 11.9. The largest absolute Gasteiger partial charge is 0.462 e. The van der Waals surface area contributed by atoms with E-state index < -0.39 is 5.97 Å². The highest BCUT2D eigenvalue weighted by molar-refractivity contribution is 7.99. The number of fused-ring (bicyclic) bond motifs is 2. The summed E-state index contributed by atoms with van der Waals surface area (Å²) in [6, 6.07) is 8.05. The number of ether oxygens (including phenoxy) is 1. The van der Waals surface area contributed by atoms with Gasteiger partial charge in [-0.1, -0.05) is 41.6 Å². The lowest BCUT2D eigenvalue weighted by molar-refractivity contribution is -0.116. The number of rotatable bonds is 8. The van der Waals surface area contributed by atoms with Crippen molar-refractivity contribution in [2.75, 3.05) is 23.8 Å². The quantitative estimate of drug-likeness (QED) is 0.150. The van der Waals surface area contributed by atoms with E-state index in [2.05, 4.69) is 12.1 Å². The van der Waals surface area contributed by atoms with E-state index in [0.717, 1.165) is 37.8 Å². The van der Waals surface area contributed by atoms with Gasteiger partial charge in [0, 0.05) is 18.8 Å². The number of anilines is 1. The fourth-order valence-electron chi connectivity index (χ4n) is 5.28. The number of thioether (sulfide) groups is 1. The van der Waals surface area contributed by atoms with Gasteiger partial charge in [0.05, 0.1) is 17.7 Å². The number of benzene rings is 1. The number of amides is 1. The molecule has 5 rings (SSSR count). The molecule has 9 heteroatoms. The molecule has 0 atom stereocenters. The Morgan fingerprint density at radius 3 is 2.79 bits per heavy atom. The molecule has 0 saturated carbocycles. The molecule has 0 unspecified atom stereocenters. The molecule has 2 aromatic heterocycles. The highest BCUT2D eigenvalue weighted by Crippen LogP contribution is 2.32. The van der Waals surface area contributed by atoms with Gasteiger partial charge in [0.1, 0.15) is 9.71 Å². The molecule has 200 valence electrons. The van der Waals surface area contributed by atoms with Crippen molar-refractivity contribution in [3.05, 3.63) is 62.3 Å². The average molecular weight is 552 g/mol. The molecule has 0 fully saturated rings. The third-order valence-electron chi connectivity index (χ3n) is 7.25. The van der Waals surface area contributed by atoms with Gasteiger partial charge in [-0.3, -0.25) is 14.2 Å². The molecular weight excluding hydrogens is 518 g/mol. The molecule has 1 amide bonds. The summed E-state index contributed by atoms with van der Waals surface area (Å²) in [6.45, 7) is 5.00.